The summed E-state index contributed by atoms with van der Waals surface area (Å²) in [5, 5.41) is 9.54. The van der Waals surface area contributed by atoms with Gasteiger partial charge in [-0.3, -0.25) is 14.5 Å². The Morgan fingerprint density at radius 1 is 0.723 bits per heavy atom. The quantitative estimate of drug-likeness (QED) is 0.0312. The second-order valence-corrected chi connectivity index (χ2v) is 17.8. The number of carbonyl (C=O) groups excluding carboxylic acids is 2. The molecule has 2 aliphatic heterocycles. The van der Waals surface area contributed by atoms with E-state index in [0.717, 1.165) is 103 Å². The molecule has 1 N–H and O–H groups in total. The minimum absolute atomic E-state index is 0.199. The second kappa shape index (κ2) is 23.5. The fraction of sp³-hybridized carbons (Fsp3) is 0.377. The molecule has 342 valence electrons. The fourth-order valence-electron chi connectivity index (χ4n) is 7.78. The number of rotatable bonds is 27. The van der Waals surface area contributed by atoms with Gasteiger partial charge < -0.3 is 33.8 Å². The van der Waals surface area contributed by atoms with Gasteiger partial charge in [-0.1, -0.05) is 68.8 Å². The molecule has 0 aromatic heterocycles. The number of nitrogens with one attached hydrogen (secondary N) is 1. The fourth-order valence-corrected chi connectivity index (χ4v) is 8.50. The van der Waals surface area contributed by atoms with Crippen molar-refractivity contribution >= 4 is 40.6 Å². The summed E-state index contributed by atoms with van der Waals surface area (Å²) in [6.45, 7) is 9.40. The van der Waals surface area contributed by atoms with Gasteiger partial charge in [0, 0.05) is 53.6 Å². The van der Waals surface area contributed by atoms with Crippen LogP contribution in [0.3, 0.4) is 0 Å². The van der Waals surface area contributed by atoms with Crippen LogP contribution in [0.2, 0.25) is 0 Å². The largest absolute Gasteiger partial charge is 0.494 e. The van der Waals surface area contributed by atoms with Crippen LogP contribution in [0.4, 0.5) is 4.39 Å². The van der Waals surface area contributed by atoms with Crippen LogP contribution in [-0.4, -0.2) is 74.9 Å². The van der Waals surface area contributed by atoms with Crippen molar-refractivity contribution in [2.24, 2.45) is 5.41 Å². The molecule has 0 aliphatic carbocycles. The molecule has 5 aromatic carbocycles. The predicted molar refractivity (Wildman–Crippen MR) is 255 cm³/mol. The molecular formula is C53H59FN2O8S. The Hall–Kier alpha value is -5.69. The van der Waals surface area contributed by atoms with E-state index in [1.165, 1.54) is 23.3 Å². The SMILES string of the molecule is CCSCc1c(-c2ccc(OCc3ccc(OCCCN4C(=O)C=CC4=O)cc3)c(C=N)c2)ccc2c(F)c(OCc3ccc(OCCCCCCOCC4(CC)COC4)cc3)ccc12. The van der Waals surface area contributed by atoms with Gasteiger partial charge >= 0.3 is 0 Å². The lowest BCUT2D eigenvalue weighted by Crippen LogP contribution is -2.45. The van der Waals surface area contributed by atoms with Crippen LogP contribution in [0.25, 0.3) is 21.9 Å². The van der Waals surface area contributed by atoms with E-state index in [2.05, 4.69) is 13.8 Å². The summed E-state index contributed by atoms with van der Waals surface area (Å²) < 4.78 is 51.4. The average molecular weight is 903 g/mol. The topological polar surface area (TPSA) is 117 Å². The predicted octanol–water partition coefficient (Wildman–Crippen LogP) is 11.1. The summed E-state index contributed by atoms with van der Waals surface area (Å²) in [5.41, 5.74) is 5.62. The molecule has 0 spiro atoms. The van der Waals surface area contributed by atoms with Gasteiger partial charge in [-0.05, 0) is 114 Å². The van der Waals surface area contributed by atoms with Gasteiger partial charge in [-0.25, -0.2) is 4.39 Å². The van der Waals surface area contributed by atoms with E-state index in [1.807, 2.05) is 84.9 Å². The highest BCUT2D eigenvalue weighted by molar-refractivity contribution is 7.98. The first-order valence-corrected chi connectivity index (χ1v) is 23.8. The van der Waals surface area contributed by atoms with E-state index in [1.54, 1.807) is 17.8 Å². The molecule has 10 nitrogen and oxygen atoms in total. The minimum Gasteiger partial charge on any atom is -0.494 e. The lowest BCUT2D eigenvalue weighted by molar-refractivity contribution is -0.150. The third kappa shape index (κ3) is 12.6. The van der Waals surface area contributed by atoms with E-state index in [-0.39, 0.29) is 29.6 Å². The Morgan fingerprint density at radius 2 is 1.34 bits per heavy atom. The van der Waals surface area contributed by atoms with Crippen molar-refractivity contribution in [3.8, 4) is 34.1 Å². The molecule has 0 atom stereocenters. The third-order valence-electron chi connectivity index (χ3n) is 11.9. The van der Waals surface area contributed by atoms with E-state index < -0.39 is 5.82 Å². The van der Waals surface area contributed by atoms with Crippen LogP contribution in [-0.2, 0) is 38.0 Å². The number of benzene rings is 5. The lowest BCUT2D eigenvalue weighted by Gasteiger charge is -2.40. The highest BCUT2D eigenvalue weighted by Gasteiger charge is 2.36. The number of hydrogen-bond donors (Lipinski definition) is 1. The van der Waals surface area contributed by atoms with Crippen LogP contribution in [0, 0.1) is 16.6 Å². The molecule has 0 saturated carbocycles. The molecule has 65 heavy (non-hydrogen) atoms. The van der Waals surface area contributed by atoms with E-state index >= 15 is 4.39 Å². The zero-order valence-corrected chi connectivity index (χ0v) is 38.2. The first-order valence-electron chi connectivity index (χ1n) is 22.6. The number of halogens is 1. The molecule has 5 aromatic rings. The van der Waals surface area contributed by atoms with Crippen LogP contribution >= 0.6 is 11.8 Å². The maximum Gasteiger partial charge on any atom is 0.253 e. The monoisotopic (exact) mass is 902 g/mol. The van der Waals surface area contributed by atoms with Crippen LogP contribution in [0.1, 0.15) is 74.6 Å². The van der Waals surface area contributed by atoms with Crippen molar-refractivity contribution in [1.82, 2.24) is 4.90 Å². The number of thioether (sulfide) groups is 1. The van der Waals surface area contributed by atoms with Gasteiger partial charge in [0.05, 0.1) is 33.0 Å². The molecule has 0 radical (unpaired) electrons. The van der Waals surface area contributed by atoms with Crippen LogP contribution in [0.5, 0.6) is 23.0 Å². The summed E-state index contributed by atoms with van der Waals surface area (Å²) in [6.07, 6.45) is 9.74. The number of unbranched alkanes of at least 4 members (excludes halogenated alkanes) is 3. The maximum absolute atomic E-state index is 16.2. The molecule has 2 amide bonds. The molecule has 7 rings (SSSR count). The molecule has 2 aliphatic rings. The second-order valence-electron chi connectivity index (χ2n) is 16.5. The van der Waals surface area contributed by atoms with Crippen LogP contribution in [0.15, 0.2) is 103 Å². The summed E-state index contributed by atoms with van der Waals surface area (Å²) in [6, 6.07) is 28.5. The third-order valence-corrected chi connectivity index (χ3v) is 12.8. The van der Waals surface area contributed by atoms with E-state index in [4.69, 9.17) is 33.8 Å². The van der Waals surface area contributed by atoms with Crippen molar-refractivity contribution in [1.29, 1.82) is 5.41 Å². The highest BCUT2D eigenvalue weighted by Crippen LogP contribution is 2.38. The van der Waals surface area contributed by atoms with Gasteiger partial charge in [0.25, 0.3) is 11.8 Å². The van der Waals surface area contributed by atoms with Crippen molar-refractivity contribution in [3.63, 3.8) is 0 Å². The zero-order chi connectivity index (χ0) is 45.4. The normalized spacial score (nSPS) is 14.2. The van der Waals surface area contributed by atoms with Gasteiger partial charge in [0.15, 0.2) is 11.6 Å². The van der Waals surface area contributed by atoms with E-state index in [0.29, 0.717) is 61.0 Å². The van der Waals surface area contributed by atoms with Gasteiger partial charge in [-0.2, -0.15) is 11.8 Å². The van der Waals surface area contributed by atoms with Gasteiger partial charge in [-0.15, -0.1) is 0 Å². The molecule has 0 bridgehead atoms. The van der Waals surface area contributed by atoms with Gasteiger partial charge in [0.1, 0.15) is 30.5 Å². The zero-order valence-electron chi connectivity index (χ0n) is 37.4. The highest BCUT2D eigenvalue weighted by atomic mass is 32.2. The standard InChI is InChI=1S/C53H59FN2O8S/c1-3-53(36-60-37-53)35-59-27-7-5-6-8-28-61-42-15-12-39(13-16-42)33-64-49-23-21-45-46(52(49)54)20-19-44(47(45)34-65-4-2)40-14-22-48(41(30-40)31-55)63-32-38-10-17-43(18-11-38)62-29-9-26-56-50(57)24-25-51(56)58/h10-25,30-31,55H,3-9,26-29,32-37H2,1-2H3. The lowest BCUT2D eigenvalue weighted by atomic mass is 9.84. The van der Waals surface area contributed by atoms with Crippen LogP contribution < -0.4 is 18.9 Å². The molecule has 2 heterocycles. The van der Waals surface area contributed by atoms with Gasteiger partial charge in [0.2, 0.25) is 0 Å². The van der Waals surface area contributed by atoms with E-state index in [9.17, 15) is 9.59 Å². The molecule has 1 fully saturated rings. The first kappa shape index (κ1) is 47.3. The van der Waals surface area contributed by atoms with Crippen molar-refractivity contribution < 1.29 is 42.4 Å². The minimum atomic E-state index is -0.393. The van der Waals surface area contributed by atoms with Crippen molar-refractivity contribution in [3.05, 3.63) is 131 Å². The van der Waals surface area contributed by atoms with Crippen molar-refractivity contribution in [2.45, 2.75) is 71.3 Å². The smallest absolute Gasteiger partial charge is 0.253 e. The Kier molecular flexibility index (Phi) is 17.1. The molecule has 0 unspecified atom stereocenters. The number of imide groups is 1. The summed E-state index contributed by atoms with van der Waals surface area (Å²) in [5.74, 6) is 2.87. The summed E-state index contributed by atoms with van der Waals surface area (Å²) in [7, 11) is 0. The molecule has 1 saturated heterocycles. The Morgan fingerprint density at radius 3 is 1.95 bits per heavy atom. The first-order chi connectivity index (χ1) is 31.8. The Labute approximate surface area is 385 Å². The summed E-state index contributed by atoms with van der Waals surface area (Å²) >= 11 is 1.77. The molecular weight excluding hydrogens is 844 g/mol. The number of carbonyl (C=O) groups is 2. The number of amides is 2. The summed E-state index contributed by atoms with van der Waals surface area (Å²) in [4.78, 5) is 24.7. The number of fused-ring (bicyclic) bond motifs is 1. The Bertz CT molecular complexity index is 2400. The number of hydrogen-bond acceptors (Lipinski definition) is 10. The van der Waals surface area contributed by atoms with Crippen molar-refractivity contribution in [2.75, 3.05) is 51.9 Å². The maximum atomic E-state index is 16.2. The number of ether oxygens (including phenoxy) is 6. The molecule has 12 heteroatoms. The number of nitrogens with zero attached hydrogens (tertiary/aromatic N) is 1. The average Bonchev–Trinajstić information content (AvgIpc) is 3.64. The Balaban J connectivity index is 0.896.